The molecule has 1 saturated heterocycles. The van der Waals surface area contributed by atoms with Gasteiger partial charge < -0.3 is 26.1 Å². The Morgan fingerprint density at radius 1 is 1.37 bits per heavy atom. The van der Waals surface area contributed by atoms with Gasteiger partial charge in [-0.3, -0.25) is 14.5 Å². The van der Waals surface area contributed by atoms with Crippen LogP contribution in [0.5, 0.6) is 0 Å². The molecule has 20 heteroatoms. The number of thioether (sulfide) groups is 2. The maximum absolute atomic E-state index is 13.3. The van der Waals surface area contributed by atoms with Gasteiger partial charge in [0.05, 0.1) is 6.07 Å². The van der Waals surface area contributed by atoms with Crippen LogP contribution in [-0.4, -0.2) is 98.3 Å². The van der Waals surface area contributed by atoms with Gasteiger partial charge in [-0.25, -0.2) is 19.3 Å². The fourth-order valence-corrected chi connectivity index (χ4v) is 7.11. The smallest absolute Gasteiger partial charge is 0.352 e. The Morgan fingerprint density at radius 2 is 2.15 bits per heavy atom. The number of nitrogens with two attached hydrogens (primary N) is 1. The third kappa shape index (κ3) is 5.30. The lowest BCUT2D eigenvalue weighted by Crippen LogP contribution is -2.71. The molecule has 2 aliphatic heterocycles. The highest BCUT2D eigenvalue weighted by molar-refractivity contribution is 8.01. The number of hydrogen-bond donors (Lipinski definition) is 4. The summed E-state index contributed by atoms with van der Waals surface area (Å²) < 4.78 is 1.27. The summed E-state index contributed by atoms with van der Waals surface area (Å²) in [5.74, 6) is -3.64. The van der Waals surface area contributed by atoms with Crippen LogP contribution in [0, 0.1) is 11.3 Å². The van der Waals surface area contributed by atoms with Crippen LogP contribution in [-0.2, 0) is 30.6 Å². The van der Waals surface area contributed by atoms with Gasteiger partial charge in [0.15, 0.2) is 10.8 Å². The van der Waals surface area contributed by atoms with Gasteiger partial charge in [-0.05, 0) is 22.4 Å². The molecule has 2 fully saturated rings. The number of nitrogen functional groups attached to an aromatic ring is 1. The minimum atomic E-state index is -1.55. The summed E-state index contributed by atoms with van der Waals surface area (Å²) >= 11 is 3.41. The summed E-state index contributed by atoms with van der Waals surface area (Å²) in [5.41, 5.74) is 4.07. The molecular weight excluding hydrogens is 600 g/mol. The molecule has 214 valence electrons. The molecule has 5 N–H and O–H groups in total. The standard InChI is InChI=1S/C21H20N10O7S3/c22-4-5-30-20(26-28-29-30)41-7-9-6-39-16-12(15(33)31(16)13(9)17(34)35)25-14(32)11(10-8-40-19(23)24-10)27-38-21(18(36)37)2-1-3-21/h8,12,16H,1-3,5-7H2,(H2,23,24)(H,25,32)(H,34,35)(H,36,37)/t12?,16-/m0/s1. The van der Waals surface area contributed by atoms with Crippen molar-refractivity contribution in [3.8, 4) is 6.07 Å². The van der Waals surface area contributed by atoms with E-state index in [1.165, 1.54) is 21.8 Å². The Labute approximate surface area is 242 Å². The lowest BCUT2D eigenvalue weighted by atomic mass is 9.80. The molecule has 1 aliphatic carbocycles. The number of fused-ring (bicyclic) bond motifs is 1. The predicted octanol–water partition coefficient (Wildman–Crippen LogP) is -0.506. The zero-order chi connectivity index (χ0) is 29.3. The van der Waals surface area contributed by atoms with Crippen molar-refractivity contribution in [2.24, 2.45) is 5.16 Å². The minimum absolute atomic E-state index is 0.0361. The van der Waals surface area contributed by atoms with Crippen molar-refractivity contribution in [3.63, 3.8) is 0 Å². The Hall–Kier alpha value is -4.22. The fraction of sp³-hybridized carbons (Fsp3) is 0.429. The Morgan fingerprint density at radius 3 is 2.76 bits per heavy atom. The number of hydrogen-bond acceptors (Lipinski definition) is 15. The first-order chi connectivity index (χ1) is 19.6. The zero-order valence-electron chi connectivity index (χ0n) is 20.8. The molecule has 2 aromatic heterocycles. The lowest BCUT2D eigenvalue weighted by molar-refractivity contribution is -0.178. The van der Waals surface area contributed by atoms with E-state index in [-0.39, 0.29) is 53.1 Å². The topological polar surface area (TPSA) is 252 Å². The largest absolute Gasteiger partial charge is 0.478 e. The number of oxime groups is 1. The Bertz CT molecular complexity index is 1530. The molecule has 4 heterocycles. The summed E-state index contributed by atoms with van der Waals surface area (Å²) in [5, 5.41) is 47.0. The molecule has 1 unspecified atom stereocenters. The first kappa shape index (κ1) is 28.3. The molecule has 2 atom stereocenters. The molecule has 0 bridgehead atoms. The van der Waals surface area contributed by atoms with E-state index >= 15 is 0 Å². The van der Waals surface area contributed by atoms with Gasteiger partial charge >= 0.3 is 11.9 Å². The second kappa shape index (κ2) is 11.3. The average Bonchev–Trinajstić information content (AvgIpc) is 3.55. The molecule has 0 spiro atoms. The highest BCUT2D eigenvalue weighted by Crippen LogP contribution is 2.41. The molecule has 5 rings (SSSR count). The molecule has 2 aromatic rings. The predicted molar refractivity (Wildman–Crippen MR) is 142 cm³/mol. The van der Waals surface area contributed by atoms with Crippen molar-refractivity contribution in [2.45, 2.75) is 48.0 Å². The molecular formula is C21H20N10O7S3. The van der Waals surface area contributed by atoms with E-state index in [4.69, 9.17) is 15.8 Å². The van der Waals surface area contributed by atoms with E-state index in [9.17, 15) is 29.4 Å². The van der Waals surface area contributed by atoms with Crippen LogP contribution in [0.15, 0.2) is 27.0 Å². The summed E-state index contributed by atoms with van der Waals surface area (Å²) in [6.07, 6.45) is 1.05. The number of β-lactam (4-membered cyclic amide) rings is 1. The van der Waals surface area contributed by atoms with Crippen LogP contribution in [0.1, 0.15) is 25.0 Å². The lowest BCUT2D eigenvalue weighted by Gasteiger charge is -2.49. The molecule has 0 aromatic carbocycles. The number of nitriles is 1. The number of nitrogens with zero attached hydrogens (tertiary/aromatic N) is 8. The summed E-state index contributed by atoms with van der Waals surface area (Å²) in [7, 11) is 0. The van der Waals surface area contributed by atoms with E-state index in [0.717, 1.165) is 28.0 Å². The SMILES string of the molecule is N#CCn1nnnc1SCC1=C(C(=O)O)N2C(=O)C(NC(=O)C(=NOC3(C(=O)O)CCC3)c3csc(N)n3)[C@@H]2SC1. The van der Waals surface area contributed by atoms with Crippen LogP contribution in [0.3, 0.4) is 0 Å². The normalized spacial score (nSPS) is 21.3. The number of rotatable bonds is 11. The van der Waals surface area contributed by atoms with Crippen molar-refractivity contribution in [3.05, 3.63) is 22.3 Å². The number of carbonyl (C=O) groups is 4. The number of carboxylic acids is 2. The highest BCUT2D eigenvalue weighted by Gasteiger charge is 2.54. The summed E-state index contributed by atoms with van der Waals surface area (Å²) in [6.45, 7) is -0.0793. The van der Waals surface area contributed by atoms with E-state index in [2.05, 4.69) is 31.0 Å². The van der Waals surface area contributed by atoms with Gasteiger partial charge in [0.1, 0.15) is 29.4 Å². The van der Waals surface area contributed by atoms with Crippen molar-refractivity contribution in [1.29, 1.82) is 5.26 Å². The second-order valence-corrected chi connectivity index (χ2v) is 11.9. The maximum atomic E-state index is 13.3. The third-order valence-electron chi connectivity index (χ3n) is 6.47. The molecule has 41 heavy (non-hydrogen) atoms. The van der Waals surface area contributed by atoms with Gasteiger partial charge in [0.2, 0.25) is 10.8 Å². The number of carboxylic acid groups (broad SMARTS) is 2. The fourth-order valence-electron chi connectivity index (χ4n) is 4.20. The number of carbonyl (C=O) groups excluding carboxylic acids is 2. The number of nitrogens with one attached hydrogen (secondary N) is 1. The van der Waals surface area contributed by atoms with Crippen LogP contribution < -0.4 is 11.1 Å². The number of anilines is 1. The zero-order valence-corrected chi connectivity index (χ0v) is 23.2. The number of aromatic nitrogens is 5. The van der Waals surface area contributed by atoms with Crippen LogP contribution in [0.4, 0.5) is 5.13 Å². The maximum Gasteiger partial charge on any atom is 0.352 e. The first-order valence-corrected chi connectivity index (χ1v) is 14.7. The van der Waals surface area contributed by atoms with Gasteiger partial charge in [-0.15, -0.1) is 28.2 Å². The molecule has 1 saturated carbocycles. The monoisotopic (exact) mass is 620 g/mol. The first-order valence-electron chi connectivity index (χ1n) is 11.8. The van der Waals surface area contributed by atoms with E-state index in [1.807, 2.05) is 6.07 Å². The quantitative estimate of drug-likeness (QED) is 0.107. The van der Waals surface area contributed by atoms with Gasteiger partial charge in [0, 0.05) is 29.7 Å². The van der Waals surface area contributed by atoms with Crippen LogP contribution in [0.2, 0.25) is 0 Å². The number of amides is 2. The average molecular weight is 621 g/mol. The van der Waals surface area contributed by atoms with Gasteiger partial charge in [-0.2, -0.15) is 5.26 Å². The third-order valence-corrected chi connectivity index (χ3v) is 9.53. The molecule has 17 nitrogen and oxygen atoms in total. The second-order valence-electron chi connectivity index (χ2n) is 8.94. The van der Waals surface area contributed by atoms with E-state index in [0.29, 0.717) is 17.2 Å². The van der Waals surface area contributed by atoms with Crippen molar-refractivity contribution >= 4 is 69.5 Å². The van der Waals surface area contributed by atoms with Gasteiger partial charge in [0.25, 0.3) is 11.8 Å². The number of aliphatic carboxylic acids is 2. The minimum Gasteiger partial charge on any atom is -0.478 e. The number of thiazole rings is 1. The number of tetrazole rings is 1. The van der Waals surface area contributed by atoms with Gasteiger partial charge in [-0.1, -0.05) is 16.9 Å². The van der Waals surface area contributed by atoms with Crippen LogP contribution >= 0.6 is 34.9 Å². The van der Waals surface area contributed by atoms with E-state index < -0.39 is 40.8 Å². The summed E-state index contributed by atoms with van der Waals surface area (Å²) in [4.78, 5) is 60.7. The molecule has 3 aliphatic rings. The van der Waals surface area contributed by atoms with Crippen molar-refractivity contribution < 1.29 is 34.2 Å². The highest BCUT2D eigenvalue weighted by atomic mass is 32.2. The van der Waals surface area contributed by atoms with Crippen molar-refractivity contribution in [2.75, 3.05) is 17.2 Å². The van der Waals surface area contributed by atoms with Crippen molar-refractivity contribution in [1.82, 2.24) is 35.4 Å². The van der Waals surface area contributed by atoms with E-state index in [1.54, 1.807) is 0 Å². The Kier molecular flexibility index (Phi) is 7.83. The summed E-state index contributed by atoms with van der Waals surface area (Å²) in [6, 6.07) is 0.841. The molecule has 0 radical (unpaired) electrons. The van der Waals surface area contributed by atoms with Crippen LogP contribution in [0.25, 0.3) is 0 Å². The molecule has 2 amide bonds. The Balaban J connectivity index is 1.32.